The lowest BCUT2D eigenvalue weighted by Crippen LogP contribution is -2.51. The van der Waals surface area contributed by atoms with E-state index >= 15 is 0 Å². The first-order valence-corrected chi connectivity index (χ1v) is 8.69. The molecule has 0 aromatic carbocycles. The largest absolute Gasteiger partial charge is 0.457 e. The zero-order valence-electron chi connectivity index (χ0n) is 14.9. The standard InChI is InChI=1S/C20H20O6/c1-5-8(2)18(21)25-16-13-10(4)19(22)24-15(13)12-9(3)6-7-11(12)14-17(16)26-20(14)23/h5-6,12-13,15-17H,4,7H2,1-3H3/b8-5-/t12-,13-,15+,16-,17+/m0/s1. The van der Waals surface area contributed by atoms with E-state index < -0.39 is 36.2 Å². The highest BCUT2D eigenvalue weighted by Gasteiger charge is 2.61. The topological polar surface area (TPSA) is 78.9 Å². The molecular weight excluding hydrogens is 336 g/mol. The van der Waals surface area contributed by atoms with Gasteiger partial charge in [-0.3, -0.25) is 0 Å². The molecule has 0 N–H and O–H groups in total. The number of fused-ring (bicyclic) bond motifs is 4. The number of rotatable bonds is 2. The molecule has 0 amide bonds. The second-order valence-corrected chi connectivity index (χ2v) is 7.16. The van der Waals surface area contributed by atoms with Crippen molar-refractivity contribution in [2.45, 2.75) is 45.5 Å². The molecule has 0 aromatic heterocycles. The van der Waals surface area contributed by atoms with E-state index in [2.05, 4.69) is 6.58 Å². The quantitative estimate of drug-likeness (QED) is 0.327. The number of carbonyl (C=O) groups excluding carboxylic acids is 3. The Morgan fingerprint density at radius 3 is 2.69 bits per heavy atom. The summed E-state index contributed by atoms with van der Waals surface area (Å²) in [5.74, 6) is -2.13. The first-order chi connectivity index (χ1) is 12.3. The van der Waals surface area contributed by atoms with Crippen LogP contribution < -0.4 is 0 Å². The predicted molar refractivity (Wildman–Crippen MR) is 90.6 cm³/mol. The fraction of sp³-hybridized carbons (Fsp3) is 0.450. The van der Waals surface area contributed by atoms with Crippen LogP contribution in [0.1, 0.15) is 27.2 Å². The molecule has 2 saturated heterocycles. The van der Waals surface area contributed by atoms with Crippen molar-refractivity contribution in [3.8, 4) is 0 Å². The SMILES string of the molecule is C=C1C(=O)O[C@@H]2[C@H]3C(C)=CCC3=C3C(=O)O[C@H]3[C@@H](OC(=O)/C(C)=C\C)[C@@H]12. The Morgan fingerprint density at radius 1 is 1.31 bits per heavy atom. The van der Waals surface area contributed by atoms with Crippen LogP contribution in [0, 0.1) is 11.8 Å². The zero-order chi connectivity index (χ0) is 18.7. The van der Waals surface area contributed by atoms with Crippen molar-refractivity contribution >= 4 is 17.9 Å². The molecule has 2 fully saturated rings. The van der Waals surface area contributed by atoms with Crippen molar-refractivity contribution in [1.29, 1.82) is 0 Å². The van der Waals surface area contributed by atoms with Crippen LogP contribution >= 0.6 is 0 Å². The Hall–Kier alpha value is -2.63. The van der Waals surface area contributed by atoms with Crippen LogP contribution in [0.2, 0.25) is 0 Å². The summed E-state index contributed by atoms with van der Waals surface area (Å²) in [6.07, 6.45) is 2.25. The van der Waals surface area contributed by atoms with Gasteiger partial charge in [-0.15, -0.1) is 0 Å². The number of esters is 3. The van der Waals surface area contributed by atoms with Crippen LogP contribution in [0.15, 0.2) is 46.6 Å². The minimum absolute atomic E-state index is 0.194. The maximum Gasteiger partial charge on any atom is 0.338 e. The summed E-state index contributed by atoms with van der Waals surface area (Å²) in [5, 5.41) is 0. The second kappa shape index (κ2) is 5.69. The Balaban J connectivity index is 1.81. The van der Waals surface area contributed by atoms with Gasteiger partial charge in [0.15, 0.2) is 12.2 Å². The van der Waals surface area contributed by atoms with E-state index in [-0.39, 0.29) is 17.5 Å². The molecule has 0 spiro atoms. The molecule has 0 saturated carbocycles. The van der Waals surface area contributed by atoms with Crippen molar-refractivity contribution in [3.05, 3.63) is 46.6 Å². The molecule has 2 aliphatic heterocycles. The van der Waals surface area contributed by atoms with Gasteiger partial charge in [-0.1, -0.05) is 24.3 Å². The van der Waals surface area contributed by atoms with Crippen molar-refractivity contribution < 1.29 is 28.6 Å². The molecule has 136 valence electrons. The average molecular weight is 356 g/mol. The van der Waals surface area contributed by atoms with Gasteiger partial charge in [0.25, 0.3) is 0 Å². The molecule has 0 bridgehead atoms. The molecule has 2 heterocycles. The molecule has 0 radical (unpaired) electrons. The Bertz CT molecular complexity index is 842. The average Bonchev–Trinajstić information content (AvgIpc) is 3.07. The van der Waals surface area contributed by atoms with E-state index in [4.69, 9.17) is 14.2 Å². The highest BCUT2D eigenvalue weighted by molar-refractivity contribution is 5.98. The van der Waals surface area contributed by atoms with Crippen LogP contribution in [0.5, 0.6) is 0 Å². The number of carbonyl (C=O) groups is 3. The molecular formula is C20H20O6. The van der Waals surface area contributed by atoms with Crippen LogP contribution in [-0.4, -0.2) is 36.2 Å². The lowest BCUT2D eigenvalue weighted by Gasteiger charge is -2.37. The Kier molecular flexibility index (Phi) is 3.68. The maximum absolute atomic E-state index is 12.4. The van der Waals surface area contributed by atoms with Gasteiger partial charge < -0.3 is 14.2 Å². The van der Waals surface area contributed by atoms with E-state index in [1.807, 2.05) is 13.0 Å². The number of hydrogen-bond acceptors (Lipinski definition) is 6. The van der Waals surface area contributed by atoms with E-state index in [0.29, 0.717) is 17.6 Å². The van der Waals surface area contributed by atoms with E-state index in [1.165, 1.54) is 0 Å². The maximum atomic E-state index is 12.4. The minimum atomic E-state index is -0.819. The fourth-order valence-corrected chi connectivity index (χ4v) is 4.30. The lowest BCUT2D eigenvalue weighted by molar-refractivity contribution is -0.178. The zero-order valence-corrected chi connectivity index (χ0v) is 14.9. The highest BCUT2D eigenvalue weighted by atomic mass is 16.6. The van der Waals surface area contributed by atoms with Crippen molar-refractivity contribution in [2.75, 3.05) is 0 Å². The Morgan fingerprint density at radius 2 is 2.04 bits per heavy atom. The van der Waals surface area contributed by atoms with Gasteiger partial charge in [0.2, 0.25) is 0 Å². The van der Waals surface area contributed by atoms with Gasteiger partial charge in [0, 0.05) is 17.1 Å². The third kappa shape index (κ3) is 2.14. The molecule has 0 unspecified atom stereocenters. The second-order valence-electron chi connectivity index (χ2n) is 7.16. The van der Waals surface area contributed by atoms with Crippen LogP contribution in [0.3, 0.4) is 0 Å². The van der Waals surface area contributed by atoms with Crippen LogP contribution in [0.25, 0.3) is 0 Å². The minimum Gasteiger partial charge on any atom is -0.457 e. The van der Waals surface area contributed by atoms with E-state index in [0.717, 1.165) is 11.1 Å². The smallest absolute Gasteiger partial charge is 0.338 e. The molecule has 0 aromatic rings. The summed E-state index contributed by atoms with van der Waals surface area (Å²) >= 11 is 0. The summed E-state index contributed by atoms with van der Waals surface area (Å²) in [4.78, 5) is 36.8. The predicted octanol–water partition coefficient (Wildman–Crippen LogP) is 2.16. The number of ether oxygens (including phenoxy) is 3. The molecule has 6 nitrogen and oxygen atoms in total. The summed E-state index contributed by atoms with van der Waals surface area (Å²) < 4.78 is 16.7. The lowest BCUT2D eigenvalue weighted by atomic mass is 9.82. The van der Waals surface area contributed by atoms with Gasteiger partial charge in [0.05, 0.1) is 11.5 Å². The Labute approximate surface area is 151 Å². The van der Waals surface area contributed by atoms with Crippen molar-refractivity contribution in [2.24, 2.45) is 11.8 Å². The van der Waals surface area contributed by atoms with Crippen molar-refractivity contribution in [1.82, 2.24) is 0 Å². The van der Waals surface area contributed by atoms with Gasteiger partial charge in [-0.25, -0.2) is 14.4 Å². The van der Waals surface area contributed by atoms with Crippen molar-refractivity contribution in [3.63, 3.8) is 0 Å². The number of allylic oxidation sites excluding steroid dienone is 2. The summed E-state index contributed by atoms with van der Waals surface area (Å²) in [6.45, 7) is 9.21. The van der Waals surface area contributed by atoms with Gasteiger partial charge in [-0.05, 0) is 32.8 Å². The van der Waals surface area contributed by atoms with Crippen LogP contribution in [0.4, 0.5) is 0 Å². The van der Waals surface area contributed by atoms with Gasteiger partial charge in [0.1, 0.15) is 6.10 Å². The number of hydrogen-bond donors (Lipinski definition) is 0. The summed E-state index contributed by atoms with van der Waals surface area (Å²) in [6, 6.07) is 0. The molecule has 2 aliphatic carbocycles. The first-order valence-electron chi connectivity index (χ1n) is 8.69. The highest BCUT2D eigenvalue weighted by Crippen LogP contribution is 2.52. The molecule has 26 heavy (non-hydrogen) atoms. The summed E-state index contributed by atoms with van der Waals surface area (Å²) in [7, 11) is 0. The van der Waals surface area contributed by atoms with Gasteiger partial charge >= 0.3 is 17.9 Å². The molecule has 5 atom stereocenters. The van der Waals surface area contributed by atoms with Crippen LogP contribution in [-0.2, 0) is 28.6 Å². The first kappa shape index (κ1) is 16.8. The van der Waals surface area contributed by atoms with Gasteiger partial charge in [-0.2, -0.15) is 0 Å². The third-order valence-corrected chi connectivity index (χ3v) is 5.83. The monoisotopic (exact) mass is 356 g/mol. The third-order valence-electron chi connectivity index (χ3n) is 5.83. The van der Waals surface area contributed by atoms with E-state index in [9.17, 15) is 14.4 Å². The van der Waals surface area contributed by atoms with E-state index in [1.54, 1.807) is 19.9 Å². The molecule has 4 rings (SSSR count). The molecule has 6 heteroatoms. The fourth-order valence-electron chi connectivity index (χ4n) is 4.30. The summed E-state index contributed by atoms with van der Waals surface area (Å²) in [5.41, 5.74) is 3.20. The normalized spacial score (nSPS) is 35.5. The molecule has 4 aliphatic rings.